The van der Waals surface area contributed by atoms with Crippen LogP contribution in [-0.4, -0.2) is 44.4 Å². The van der Waals surface area contributed by atoms with Crippen molar-refractivity contribution >= 4 is 45.5 Å². The standard InChI is InChI=1S/C29H30ClN5O3S/c1-29(2,3)25-17-39-28(34-25)19-5-4-6-21(15-19)38-24-8-7-20(16-22(24)30)33-27-26-23(31-18-32-27)9-10-35(26)11-13-37-14-12-36/h4-10,15-18,36H,11-14H2,1-3H3,(H,31,32,33)/p+1. The third kappa shape index (κ3) is 6.46. The number of hydrogen-bond acceptors (Lipinski definition) is 7. The van der Waals surface area contributed by atoms with Crippen molar-refractivity contribution in [2.75, 3.05) is 19.8 Å². The third-order valence-electron chi connectivity index (χ3n) is 6.13. The Morgan fingerprint density at radius 1 is 1.08 bits per heavy atom. The number of aliphatic hydroxyl groups excluding tert-OH is 1. The fourth-order valence-corrected chi connectivity index (χ4v) is 5.37. The molecule has 0 aliphatic carbocycles. The molecule has 0 atom stereocenters. The number of rotatable bonds is 10. The van der Waals surface area contributed by atoms with Crippen LogP contribution in [0.15, 0.2) is 66.4 Å². The van der Waals surface area contributed by atoms with E-state index in [4.69, 9.17) is 31.2 Å². The van der Waals surface area contributed by atoms with Gasteiger partial charge in [0.2, 0.25) is 0 Å². The maximum atomic E-state index is 8.93. The molecule has 3 aromatic heterocycles. The molecule has 5 aromatic rings. The van der Waals surface area contributed by atoms with Crippen LogP contribution in [0.2, 0.25) is 5.02 Å². The van der Waals surface area contributed by atoms with Gasteiger partial charge >= 0.3 is 0 Å². The van der Waals surface area contributed by atoms with Crippen molar-refractivity contribution in [3.63, 3.8) is 0 Å². The average Bonchev–Trinajstić information content (AvgIpc) is 3.57. The van der Waals surface area contributed by atoms with Crippen molar-refractivity contribution in [1.82, 2.24) is 19.5 Å². The SMILES string of the molecule is CC(C)(C)c1csc(-c2cccc(Oc3ccc([NH2+]c4ncnc5ccn(CCOCCO)c45)cc3Cl)c2)n1. The van der Waals surface area contributed by atoms with Crippen LogP contribution in [0.4, 0.5) is 11.5 Å². The molecule has 0 fully saturated rings. The lowest BCUT2D eigenvalue weighted by Crippen LogP contribution is -2.71. The smallest absolute Gasteiger partial charge is 0.257 e. The molecule has 0 saturated heterocycles. The summed E-state index contributed by atoms with van der Waals surface area (Å²) in [4.78, 5) is 13.7. The molecule has 3 N–H and O–H groups in total. The first-order valence-electron chi connectivity index (χ1n) is 12.7. The summed E-state index contributed by atoms with van der Waals surface area (Å²) in [6, 6.07) is 15.5. The minimum absolute atomic E-state index is 0.00449. The first-order valence-corrected chi connectivity index (χ1v) is 13.9. The largest absolute Gasteiger partial charge is 0.456 e. The van der Waals surface area contributed by atoms with E-state index in [1.807, 2.05) is 60.0 Å². The molecule has 0 radical (unpaired) electrons. The van der Waals surface area contributed by atoms with Crippen molar-refractivity contribution in [3.8, 4) is 22.1 Å². The number of hydrogen-bond donors (Lipinski definition) is 2. The Morgan fingerprint density at radius 3 is 2.72 bits per heavy atom. The van der Waals surface area contributed by atoms with Gasteiger partial charge in [-0.3, -0.25) is 5.32 Å². The summed E-state index contributed by atoms with van der Waals surface area (Å²) < 4.78 is 13.6. The van der Waals surface area contributed by atoms with E-state index >= 15 is 0 Å². The second kappa shape index (κ2) is 11.8. The number of thiazole rings is 1. The molecule has 0 amide bonds. The molecular weight excluding hydrogens is 534 g/mol. The van der Waals surface area contributed by atoms with Gasteiger partial charge in [-0.05, 0) is 24.3 Å². The molecule has 0 spiro atoms. The Bertz CT molecular complexity index is 1580. The van der Waals surface area contributed by atoms with Crippen LogP contribution in [0, 0.1) is 0 Å². The number of halogens is 1. The molecule has 8 nitrogen and oxygen atoms in total. The quantitative estimate of drug-likeness (QED) is 0.163. The van der Waals surface area contributed by atoms with Gasteiger partial charge in [0.25, 0.3) is 5.82 Å². The van der Waals surface area contributed by atoms with E-state index in [9.17, 15) is 0 Å². The van der Waals surface area contributed by atoms with E-state index < -0.39 is 0 Å². The van der Waals surface area contributed by atoms with Gasteiger partial charge in [0.15, 0.2) is 5.52 Å². The Labute approximate surface area is 236 Å². The van der Waals surface area contributed by atoms with Crippen molar-refractivity contribution in [2.24, 2.45) is 0 Å². The number of aromatic nitrogens is 4. The average molecular weight is 565 g/mol. The normalized spacial score (nSPS) is 11.8. The van der Waals surface area contributed by atoms with Gasteiger partial charge < -0.3 is 19.1 Å². The number of benzene rings is 2. The van der Waals surface area contributed by atoms with Crippen molar-refractivity contribution in [1.29, 1.82) is 0 Å². The molecular formula is C29H31ClN5O3S+. The Morgan fingerprint density at radius 2 is 1.95 bits per heavy atom. The molecule has 0 saturated carbocycles. The van der Waals surface area contributed by atoms with Gasteiger partial charge in [0.1, 0.15) is 28.5 Å². The zero-order valence-electron chi connectivity index (χ0n) is 22.1. The highest BCUT2D eigenvalue weighted by molar-refractivity contribution is 7.13. The summed E-state index contributed by atoms with van der Waals surface area (Å²) in [6.45, 7) is 7.92. The number of ether oxygens (including phenoxy) is 2. The number of aliphatic hydroxyl groups is 1. The summed E-state index contributed by atoms with van der Waals surface area (Å²) >= 11 is 8.29. The Kier molecular flexibility index (Phi) is 8.25. The monoisotopic (exact) mass is 564 g/mol. The topological polar surface area (TPSA) is 98.9 Å². The molecule has 202 valence electrons. The van der Waals surface area contributed by atoms with Crippen LogP contribution in [0.1, 0.15) is 26.5 Å². The van der Waals surface area contributed by atoms with Crippen molar-refractivity contribution in [3.05, 3.63) is 77.2 Å². The molecule has 2 aromatic carbocycles. The van der Waals surface area contributed by atoms with Crippen molar-refractivity contribution < 1.29 is 19.9 Å². The van der Waals surface area contributed by atoms with Gasteiger partial charge in [0, 0.05) is 41.2 Å². The van der Waals surface area contributed by atoms with Crippen LogP contribution in [-0.2, 0) is 16.7 Å². The van der Waals surface area contributed by atoms with E-state index in [0.29, 0.717) is 36.3 Å². The van der Waals surface area contributed by atoms with Crippen LogP contribution in [0.5, 0.6) is 11.5 Å². The van der Waals surface area contributed by atoms with Crippen LogP contribution in [0.25, 0.3) is 21.6 Å². The summed E-state index contributed by atoms with van der Waals surface area (Å²) in [6.07, 6.45) is 3.52. The number of nitrogens with zero attached hydrogens (tertiary/aromatic N) is 4. The number of nitrogens with two attached hydrogens (primary N) is 1. The fourth-order valence-electron chi connectivity index (χ4n) is 4.10. The molecule has 0 unspecified atom stereocenters. The van der Waals surface area contributed by atoms with E-state index in [-0.39, 0.29) is 12.0 Å². The lowest BCUT2D eigenvalue weighted by Gasteiger charge is -2.14. The zero-order valence-corrected chi connectivity index (χ0v) is 23.7. The van der Waals surface area contributed by atoms with E-state index in [2.05, 4.69) is 40.7 Å². The summed E-state index contributed by atoms with van der Waals surface area (Å²) in [5.74, 6) is 2.04. The molecule has 5 rings (SSSR count). The first kappa shape index (κ1) is 27.2. The van der Waals surface area contributed by atoms with Crippen LogP contribution < -0.4 is 10.1 Å². The highest BCUT2D eigenvalue weighted by Gasteiger charge is 2.19. The molecule has 0 aliphatic rings. The van der Waals surface area contributed by atoms with Gasteiger partial charge in [-0.25, -0.2) is 9.97 Å². The predicted molar refractivity (Wildman–Crippen MR) is 154 cm³/mol. The third-order valence-corrected chi connectivity index (χ3v) is 7.32. The van der Waals surface area contributed by atoms with Gasteiger partial charge in [-0.15, -0.1) is 11.3 Å². The number of quaternary nitrogens is 1. The second-order valence-electron chi connectivity index (χ2n) is 10.1. The molecule has 0 aliphatic heterocycles. The van der Waals surface area contributed by atoms with E-state index in [0.717, 1.165) is 38.8 Å². The Hall–Kier alpha value is -3.34. The first-order chi connectivity index (χ1) is 18.8. The summed E-state index contributed by atoms with van der Waals surface area (Å²) in [5.41, 5.74) is 4.74. The lowest BCUT2D eigenvalue weighted by molar-refractivity contribution is -0.481. The van der Waals surface area contributed by atoms with E-state index in [1.54, 1.807) is 17.7 Å². The highest BCUT2D eigenvalue weighted by Crippen LogP contribution is 2.35. The van der Waals surface area contributed by atoms with Gasteiger partial charge in [0.05, 0.1) is 36.1 Å². The number of fused-ring (bicyclic) bond motifs is 1. The molecule has 39 heavy (non-hydrogen) atoms. The molecule has 3 heterocycles. The fraction of sp³-hybridized carbons (Fsp3) is 0.276. The van der Waals surface area contributed by atoms with Crippen LogP contribution >= 0.6 is 22.9 Å². The predicted octanol–water partition coefficient (Wildman–Crippen LogP) is 5.83. The summed E-state index contributed by atoms with van der Waals surface area (Å²) in [7, 11) is 0. The zero-order chi connectivity index (χ0) is 27.4. The second-order valence-corrected chi connectivity index (χ2v) is 11.4. The summed E-state index contributed by atoms with van der Waals surface area (Å²) in [5, 5.41) is 14.5. The van der Waals surface area contributed by atoms with Gasteiger partial charge in [-0.2, -0.15) is 4.98 Å². The molecule has 10 heteroatoms. The van der Waals surface area contributed by atoms with Crippen molar-refractivity contribution in [2.45, 2.75) is 32.7 Å². The lowest BCUT2D eigenvalue weighted by atomic mass is 9.93. The van der Waals surface area contributed by atoms with E-state index in [1.165, 1.54) is 0 Å². The highest BCUT2D eigenvalue weighted by atomic mass is 35.5. The minimum Gasteiger partial charge on any atom is -0.456 e. The van der Waals surface area contributed by atoms with Gasteiger partial charge in [-0.1, -0.05) is 44.5 Å². The maximum absolute atomic E-state index is 8.93. The Balaban J connectivity index is 1.32. The molecule has 0 bridgehead atoms. The minimum atomic E-state index is 0.00449. The maximum Gasteiger partial charge on any atom is 0.257 e. The van der Waals surface area contributed by atoms with Crippen LogP contribution in [0.3, 0.4) is 0 Å².